The van der Waals surface area contributed by atoms with E-state index in [9.17, 15) is 9.59 Å². The number of amides is 1. The first-order chi connectivity index (χ1) is 9.63. The Balaban J connectivity index is 2.20. The molecular formula is C15H16N2O3. The predicted molar refractivity (Wildman–Crippen MR) is 77.0 cm³/mol. The molecule has 1 atom stereocenters. The number of anilines is 1. The van der Waals surface area contributed by atoms with Gasteiger partial charge in [-0.2, -0.15) is 0 Å². The first-order valence-corrected chi connectivity index (χ1v) is 6.24. The Morgan fingerprint density at radius 3 is 2.60 bits per heavy atom. The normalized spacial score (nSPS) is 11.7. The third-order valence-corrected chi connectivity index (χ3v) is 3.01. The van der Waals surface area contributed by atoms with E-state index in [0.717, 1.165) is 0 Å². The van der Waals surface area contributed by atoms with Crippen molar-refractivity contribution in [3.63, 3.8) is 0 Å². The molecule has 20 heavy (non-hydrogen) atoms. The first-order valence-electron chi connectivity index (χ1n) is 6.24. The van der Waals surface area contributed by atoms with Gasteiger partial charge in [-0.1, -0.05) is 18.2 Å². The second-order valence-corrected chi connectivity index (χ2v) is 4.31. The lowest BCUT2D eigenvalue weighted by molar-refractivity contribution is -0.118. The fourth-order valence-electron chi connectivity index (χ4n) is 1.87. The van der Waals surface area contributed by atoms with Gasteiger partial charge in [-0.15, -0.1) is 0 Å². The molecular weight excluding hydrogens is 256 g/mol. The van der Waals surface area contributed by atoms with Gasteiger partial charge in [0.15, 0.2) is 0 Å². The minimum Gasteiger partial charge on any atom is -0.495 e. The van der Waals surface area contributed by atoms with Crippen LogP contribution in [0.3, 0.4) is 0 Å². The van der Waals surface area contributed by atoms with Gasteiger partial charge < -0.3 is 14.6 Å². The number of rotatable bonds is 4. The topological polar surface area (TPSA) is 60.3 Å². The molecule has 1 amide bonds. The summed E-state index contributed by atoms with van der Waals surface area (Å²) in [5.41, 5.74) is 0.367. The molecule has 0 fully saturated rings. The van der Waals surface area contributed by atoms with E-state index in [1.165, 1.54) is 17.7 Å². The first kappa shape index (κ1) is 13.9. The quantitative estimate of drug-likeness (QED) is 0.926. The van der Waals surface area contributed by atoms with Crippen LogP contribution in [0.2, 0.25) is 0 Å². The van der Waals surface area contributed by atoms with E-state index in [2.05, 4.69) is 5.32 Å². The van der Waals surface area contributed by atoms with Gasteiger partial charge in [0.25, 0.3) is 5.56 Å². The van der Waals surface area contributed by atoms with Crippen molar-refractivity contribution in [3.8, 4) is 5.75 Å². The van der Waals surface area contributed by atoms with Gasteiger partial charge in [0.2, 0.25) is 5.91 Å². The second kappa shape index (κ2) is 6.06. The molecule has 0 bridgehead atoms. The van der Waals surface area contributed by atoms with Crippen molar-refractivity contribution in [1.29, 1.82) is 0 Å². The smallest absolute Gasteiger partial charge is 0.251 e. The third-order valence-electron chi connectivity index (χ3n) is 3.01. The minimum absolute atomic E-state index is 0.213. The van der Waals surface area contributed by atoms with Crippen molar-refractivity contribution >= 4 is 11.6 Å². The van der Waals surface area contributed by atoms with Crippen LogP contribution in [0.5, 0.6) is 5.75 Å². The molecule has 0 radical (unpaired) electrons. The second-order valence-electron chi connectivity index (χ2n) is 4.31. The lowest BCUT2D eigenvalue weighted by Gasteiger charge is -2.16. The number of para-hydroxylation sites is 2. The Bertz CT molecular complexity index is 664. The Labute approximate surface area is 116 Å². The number of ether oxygens (including phenoxy) is 1. The maximum atomic E-state index is 12.2. The highest BCUT2D eigenvalue weighted by Gasteiger charge is 2.16. The molecule has 0 saturated carbocycles. The summed E-state index contributed by atoms with van der Waals surface area (Å²) in [4.78, 5) is 23.9. The van der Waals surface area contributed by atoms with E-state index in [4.69, 9.17) is 4.74 Å². The highest BCUT2D eigenvalue weighted by atomic mass is 16.5. The number of carbonyl (C=O) groups is 1. The lowest BCUT2D eigenvalue weighted by atomic mass is 10.2. The van der Waals surface area contributed by atoms with Crippen LogP contribution < -0.4 is 15.6 Å². The Morgan fingerprint density at radius 2 is 1.90 bits per heavy atom. The van der Waals surface area contributed by atoms with Gasteiger partial charge in [0.05, 0.1) is 12.8 Å². The van der Waals surface area contributed by atoms with Crippen LogP contribution in [0.4, 0.5) is 5.69 Å². The molecule has 5 nitrogen and oxygen atoms in total. The number of benzene rings is 1. The zero-order valence-electron chi connectivity index (χ0n) is 11.4. The number of nitrogens with one attached hydrogen (secondary N) is 1. The van der Waals surface area contributed by atoms with Crippen molar-refractivity contribution in [1.82, 2.24) is 4.57 Å². The number of nitrogens with zero attached hydrogens (tertiary/aromatic N) is 1. The number of methoxy groups -OCH3 is 1. The fourth-order valence-corrected chi connectivity index (χ4v) is 1.87. The Kier molecular flexibility index (Phi) is 4.20. The molecule has 1 aromatic carbocycles. The average Bonchev–Trinajstić information content (AvgIpc) is 2.47. The molecule has 5 heteroatoms. The largest absolute Gasteiger partial charge is 0.495 e. The van der Waals surface area contributed by atoms with Crippen molar-refractivity contribution in [2.75, 3.05) is 12.4 Å². The zero-order valence-corrected chi connectivity index (χ0v) is 11.4. The number of pyridine rings is 1. The summed E-state index contributed by atoms with van der Waals surface area (Å²) in [5, 5.41) is 2.76. The Hall–Kier alpha value is -2.56. The van der Waals surface area contributed by atoms with Crippen molar-refractivity contribution in [2.45, 2.75) is 13.0 Å². The van der Waals surface area contributed by atoms with Crippen LogP contribution in [-0.4, -0.2) is 17.6 Å². The average molecular weight is 272 g/mol. The highest BCUT2D eigenvalue weighted by molar-refractivity contribution is 5.94. The van der Waals surface area contributed by atoms with Gasteiger partial charge >= 0.3 is 0 Å². The third kappa shape index (κ3) is 2.88. The van der Waals surface area contributed by atoms with Crippen molar-refractivity contribution in [2.24, 2.45) is 0 Å². The molecule has 2 rings (SSSR count). The summed E-state index contributed by atoms with van der Waals surface area (Å²) in [6.07, 6.45) is 1.59. The maximum Gasteiger partial charge on any atom is 0.251 e. The van der Waals surface area contributed by atoms with Crippen molar-refractivity contribution in [3.05, 3.63) is 59.0 Å². The minimum atomic E-state index is -0.603. The Morgan fingerprint density at radius 1 is 1.20 bits per heavy atom. The number of carbonyl (C=O) groups excluding carboxylic acids is 1. The summed E-state index contributed by atoms with van der Waals surface area (Å²) in [5.74, 6) is 0.302. The summed E-state index contributed by atoms with van der Waals surface area (Å²) >= 11 is 0. The van der Waals surface area contributed by atoms with Gasteiger partial charge in [0.1, 0.15) is 11.8 Å². The van der Waals surface area contributed by atoms with Crippen LogP contribution >= 0.6 is 0 Å². The van der Waals surface area contributed by atoms with Gasteiger partial charge in [-0.25, -0.2) is 0 Å². The number of hydrogen-bond acceptors (Lipinski definition) is 3. The number of aromatic nitrogens is 1. The van der Waals surface area contributed by atoms with Gasteiger partial charge in [-0.05, 0) is 25.1 Å². The molecule has 2 aromatic rings. The molecule has 1 heterocycles. The summed E-state index contributed by atoms with van der Waals surface area (Å²) < 4.78 is 6.55. The van der Waals surface area contributed by atoms with Crippen LogP contribution in [-0.2, 0) is 4.79 Å². The molecule has 0 spiro atoms. The van der Waals surface area contributed by atoms with Crippen LogP contribution in [0.1, 0.15) is 13.0 Å². The predicted octanol–water partition coefficient (Wildman–Crippen LogP) is 2.06. The van der Waals surface area contributed by atoms with Gasteiger partial charge in [-0.3, -0.25) is 9.59 Å². The lowest BCUT2D eigenvalue weighted by Crippen LogP contribution is -2.30. The fraction of sp³-hybridized carbons (Fsp3) is 0.200. The van der Waals surface area contributed by atoms with Crippen LogP contribution in [0, 0.1) is 0 Å². The summed E-state index contributed by atoms with van der Waals surface area (Å²) in [6.45, 7) is 1.67. The van der Waals surface area contributed by atoms with E-state index >= 15 is 0 Å². The SMILES string of the molecule is COc1ccccc1NC(=O)C(C)n1ccccc1=O. The van der Waals surface area contributed by atoms with Gasteiger partial charge in [0, 0.05) is 12.3 Å². The molecule has 1 unspecified atom stereocenters. The van der Waals surface area contributed by atoms with Crippen LogP contribution in [0.15, 0.2) is 53.5 Å². The summed E-state index contributed by atoms with van der Waals surface area (Å²) in [6, 6.07) is 11.3. The highest BCUT2D eigenvalue weighted by Crippen LogP contribution is 2.23. The molecule has 1 N–H and O–H groups in total. The molecule has 104 valence electrons. The molecule has 0 aliphatic heterocycles. The van der Waals surface area contributed by atoms with E-state index < -0.39 is 6.04 Å². The molecule has 0 aliphatic carbocycles. The molecule has 0 aliphatic rings. The maximum absolute atomic E-state index is 12.2. The summed E-state index contributed by atoms with van der Waals surface area (Å²) in [7, 11) is 1.54. The standard InChI is InChI=1S/C15H16N2O3/c1-11(17-10-6-5-9-14(17)18)15(19)16-12-7-3-4-8-13(12)20-2/h3-11H,1-2H3,(H,16,19). The molecule has 0 saturated heterocycles. The van der Waals surface area contributed by atoms with E-state index in [-0.39, 0.29) is 11.5 Å². The monoisotopic (exact) mass is 272 g/mol. The zero-order chi connectivity index (χ0) is 14.5. The number of hydrogen-bond donors (Lipinski definition) is 1. The van der Waals surface area contributed by atoms with Crippen LogP contribution in [0.25, 0.3) is 0 Å². The van der Waals surface area contributed by atoms with Crippen molar-refractivity contribution < 1.29 is 9.53 Å². The molecule has 1 aromatic heterocycles. The van der Waals surface area contributed by atoms with E-state index in [1.54, 1.807) is 43.5 Å². The van der Waals surface area contributed by atoms with E-state index in [1.807, 2.05) is 6.07 Å². The van der Waals surface area contributed by atoms with E-state index in [0.29, 0.717) is 11.4 Å².